The first kappa shape index (κ1) is 26.8. The number of carbonyl (C=O) groups excluding carboxylic acids is 1. The fourth-order valence-electron chi connectivity index (χ4n) is 3.06. The molecule has 0 aliphatic rings. The number of hydrogen-bond donors (Lipinski definition) is 1. The molecule has 0 aliphatic carbocycles. The summed E-state index contributed by atoms with van der Waals surface area (Å²) in [4.78, 5) is 12.5. The van der Waals surface area contributed by atoms with Gasteiger partial charge in [-0.15, -0.1) is 10.2 Å². The van der Waals surface area contributed by atoms with E-state index in [9.17, 15) is 18.5 Å². The van der Waals surface area contributed by atoms with Crippen molar-refractivity contribution in [3.8, 4) is 17.6 Å². The van der Waals surface area contributed by atoms with E-state index in [1.807, 2.05) is 37.3 Å². The Morgan fingerprint density at radius 2 is 1.81 bits per heavy atom. The summed E-state index contributed by atoms with van der Waals surface area (Å²) in [6, 6.07) is 16.5. The number of ether oxygens (including phenoxy) is 2. The number of nitrogens with zero attached hydrogens (tertiary/aromatic N) is 3. The molecule has 0 radical (unpaired) electrons. The summed E-state index contributed by atoms with van der Waals surface area (Å²) in [5.74, 6) is 0.539. The molecule has 11 heteroatoms. The van der Waals surface area contributed by atoms with E-state index in [-0.39, 0.29) is 26.7 Å². The molecule has 0 atom stereocenters. The number of rotatable bonds is 11. The summed E-state index contributed by atoms with van der Waals surface area (Å²) >= 11 is 0.749. The van der Waals surface area contributed by atoms with E-state index in [2.05, 4.69) is 15.5 Å². The number of nitriles is 1. The molecule has 1 heterocycles. The van der Waals surface area contributed by atoms with E-state index in [1.54, 1.807) is 38.1 Å². The van der Waals surface area contributed by atoms with Crippen LogP contribution in [0.2, 0.25) is 0 Å². The van der Waals surface area contributed by atoms with Crippen LogP contribution in [0.1, 0.15) is 25.0 Å². The van der Waals surface area contributed by atoms with Crippen molar-refractivity contribution in [2.75, 3.05) is 24.3 Å². The molecule has 3 aromatic rings. The lowest BCUT2D eigenvalue weighted by molar-refractivity contribution is -0.112. The van der Waals surface area contributed by atoms with Crippen molar-refractivity contribution in [3.63, 3.8) is 0 Å². The summed E-state index contributed by atoms with van der Waals surface area (Å²) < 4.78 is 35.7. The van der Waals surface area contributed by atoms with Gasteiger partial charge in [0.05, 0.1) is 5.75 Å². The highest BCUT2D eigenvalue weighted by Crippen LogP contribution is 2.23. The van der Waals surface area contributed by atoms with Gasteiger partial charge >= 0.3 is 0 Å². The molecule has 0 bridgehead atoms. The van der Waals surface area contributed by atoms with Gasteiger partial charge in [-0.05, 0) is 54.3 Å². The maximum Gasteiger partial charge on any atom is 0.268 e. The second-order valence-electron chi connectivity index (χ2n) is 8.25. The van der Waals surface area contributed by atoms with E-state index in [0.29, 0.717) is 24.5 Å². The summed E-state index contributed by atoms with van der Waals surface area (Å²) in [6.07, 6.45) is 1.41. The first-order chi connectivity index (χ1) is 17.2. The lowest BCUT2D eigenvalue weighted by Crippen LogP contribution is -2.13. The van der Waals surface area contributed by atoms with Crippen LogP contribution in [0, 0.1) is 24.2 Å². The van der Waals surface area contributed by atoms with Gasteiger partial charge in [-0.3, -0.25) is 10.1 Å². The van der Waals surface area contributed by atoms with Crippen molar-refractivity contribution in [1.29, 1.82) is 5.26 Å². The lowest BCUT2D eigenvalue weighted by atomic mass is 10.1. The van der Waals surface area contributed by atoms with Crippen LogP contribution in [0.3, 0.4) is 0 Å². The third-order valence-electron chi connectivity index (χ3n) is 4.61. The molecular weight excluding hydrogens is 500 g/mol. The SMILES string of the molecule is Cc1cccc(OCCOc2ccc(C=C(C#N)C(=O)Nc3nnc(S(=O)(=O)CC(C)C)s3)cc2)c1. The smallest absolute Gasteiger partial charge is 0.268 e. The number of hydrogen-bond acceptors (Lipinski definition) is 9. The maximum absolute atomic E-state index is 12.5. The second kappa shape index (κ2) is 12.3. The normalized spacial score (nSPS) is 11.7. The minimum atomic E-state index is -3.58. The number of aryl methyl sites for hydroxylation is 1. The zero-order valence-electron chi connectivity index (χ0n) is 20.1. The molecule has 188 valence electrons. The van der Waals surface area contributed by atoms with Gasteiger partial charge in [-0.2, -0.15) is 5.26 Å². The minimum absolute atomic E-state index is 0.000103. The first-order valence-electron chi connectivity index (χ1n) is 11.1. The molecule has 36 heavy (non-hydrogen) atoms. The van der Waals surface area contributed by atoms with Crippen LogP contribution < -0.4 is 14.8 Å². The molecule has 0 saturated carbocycles. The van der Waals surface area contributed by atoms with Crippen molar-refractivity contribution in [1.82, 2.24) is 10.2 Å². The van der Waals surface area contributed by atoms with Crippen LogP contribution in [0.25, 0.3) is 6.08 Å². The van der Waals surface area contributed by atoms with E-state index < -0.39 is 15.7 Å². The number of aromatic nitrogens is 2. The fourth-order valence-corrected chi connectivity index (χ4v) is 5.67. The number of nitrogens with one attached hydrogen (secondary N) is 1. The molecule has 3 rings (SSSR count). The Labute approximate surface area is 214 Å². The minimum Gasteiger partial charge on any atom is -0.490 e. The van der Waals surface area contributed by atoms with Gasteiger partial charge in [0.2, 0.25) is 19.3 Å². The molecule has 0 unspecified atom stereocenters. The summed E-state index contributed by atoms with van der Waals surface area (Å²) in [5.41, 5.74) is 1.56. The Hall–Kier alpha value is -3.75. The van der Waals surface area contributed by atoms with Gasteiger partial charge in [0.25, 0.3) is 5.91 Å². The Morgan fingerprint density at radius 1 is 1.11 bits per heavy atom. The fraction of sp³-hybridized carbons (Fsp3) is 0.280. The Bertz CT molecular complexity index is 1370. The highest BCUT2D eigenvalue weighted by Gasteiger charge is 2.22. The third kappa shape index (κ3) is 7.90. The quantitative estimate of drug-likeness (QED) is 0.169. The molecule has 1 aromatic heterocycles. The largest absolute Gasteiger partial charge is 0.490 e. The number of amides is 1. The van der Waals surface area contributed by atoms with Crippen LogP contribution in [-0.4, -0.2) is 43.5 Å². The van der Waals surface area contributed by atoms with E-state index in [0.717, 1.165) is 22.6 Å². The standard InChI is InChI=1S/C25H26N4O5S2/c1-17(2)16-36(31,32)25-29-28-24(35-25)27-23(30)20(15-26)14-19-7-9-21(10-8-19)33-11-12-34-22-6-4-5-18(3)13-22/h4-10,13-14,17H,11-12,16H2,1-3H3,(H,27,28,30). The van der Waals surface area contributed by atoms with Crippen LogP contribution in [0.4, 0.5) is 5.13 Å². The molecular formula is C25H26N4O5S2. The predicted molar refractivity (Wildman–Crippen MR) is 138 cm³/mol. The summed E-state index contributed by atoms with van der Waals surface area (Å²) in [5, 5.41) is 19.2. The van der Waals surface area contributed by atoms with Crippen molar-refractivity contribution < 1.29 is 22.7 Å². The van der Waals surface area contributed by atoms with Gasteiger partial charge in [0.1, 0.15) is 36.4 Å². The summed E-state index contributed by atoms with van der Waals surface area (Å²) in [7, 11) is -3.58. The van der Waals surface area contributed by atoms with Gasteiger partial charge in [0.15, 0.2) is 0 Å². The second-order valence-corrected chi connectivity index (χ2v) is 11.4. The monoisotopic (exact) mass is 526 g/mol. The molecule has 1 N–H and O–H groups in total. The van der Waals surface area contributed by atoms with Crippen molar-refractivity contribution in [2.24, 2.45) is 5.92 Å². The Kier molecular flexibility index (Phi) is 9.16. The van der Waals surface area contributed by atoms with Gasteiger partial charge in [0, 0.05) is 0 Å². The van der Waals surface area contributed by atoms with Crippen molar-refractivity contribution in [2.45, 2.75) is 25.1 Å². The first-order valence-corrected chi connectivity index (χ1v) is 13.5. The topological polar surface area (TPSA) is 131 Å². The number of sulfone groups is 1. The molecule has 0 fully saturated rings. The van der Waals surface area contributed by atoms with Gasteiger partial charge in [-0.1, -0.05) is 49.4 Å². The van der Waals surface area contributed by atoms with Crippen LogP contribution in [-0.2, 0) is 14.6 Å². The molecule has 0 saturated heterocycles. The highest BCUT2D eigenvalue weighted by atomic mass is 32.2. The molecule has 9 nitrogen and oxygen atoms in total. The lowest BCUT2D eigenvalue weighted by Gasteiger charge is -2.09. The van der Waals surface area contributed by atoms with Crippen molar-refractivity contribution >= 4 is 38.3 Å². The van der Waals surface area contributed by atoms with E-state index in [4.69, 9.17) is 9.47 Å². The zero-order chi connectivity index (χ0) is 26.1. The van der Waals surface area contributed by atoms with Crippen LogP contribution in [0.5, 0.6) is 11.5 Å². The van der Waals surface area contributed by atoms with Crippen molar-refractivity contribution in [3.05, 3.63) is 65.2 Å². The maximum atomic E-state index is 12.5. The van der Waals surface area contributed by atoms with Crippen LogP contribution in [0.15, 0.2) is 58.4 Å². The molecule has 0 aliphatic heterocycles. The Morgan fingerprint density at radius 3 is 2.44 bits per heavy atom. The third-order valence-corrected chi connectivity index (χ3v) is 7.98. The number of carbonyl (C=O) groups is 1. The predicted octanol–water partition coefficient (Wildman–Crippen LogP) is 4.28. The van der Waals surface area contributed by atoms with Gasteiger partial charge < -0.3 is 9.47 Å². The zero-order valence-corrected chi connectivity index (χ0v) is 21.7. The molecule has 0 spiro atoms. The highest BCUT2D eigenvalue weighted by molar-refractivity contribution is 7.93. The Balaban J connectivity index is 1.55. The average molecular weight is 527 g/mol. The summed E-state index contributed by atoms with van der Waals surface area (Å²) in [6.45, 7) is 6.30. The van der Waals surface area contributed by atoms with E-state index >= 15 is 0 Å². The van der Waals surface area contributed by atoms with Crippen LogP contribution >= 0.6 is 11.3 Å². The van der Waals surface area contributed by atoms with Gasteiger partial charge in [-0.25, -0.2) is 8.42 Å². The number of benzene rings is 2. The molecule has 2 aromatic carbocycles. The van der Waals surface area contributed by atoms with E-state index in [1.165, 1.54) is 6.08 Å². The average Bonchev–Trinajstić information content (AvgIpc) is 3.30. The molecule has 1 amide bonds. The number of anilines is 1.